The molecule has 0 fully saturated rings. The molecule has 64 valence electrons. The van der Waals surface area contributed by atoms with Crippen molar-refractivity contribution in [2.24, 2.45) is 0 Å². The van der Waals surface area contributed by atoms with E-state index in [0.29, 0.717) is 0 Å². The average Bonchev–Trinajstić information content (AvgIpc) is 2.08. The van der Waals surface area contributed by atoms with Crippen LogP contribution in [0.4, 0.5) is 0 Å². The second kappa shape index (κ2) is 5.04. The van der Waals surface area contributed by atoms with Crippen LogP contribution in [0, 0.1) is 11.3 Å². The monoisotopic (exact) mass is 160 g/mol. The van der Waals surface area contributed by atoms with Gasteiger partial charge in [-0.05, 0) is 0 Å². The summed E-state index contributed by atoms with van der Waals surface area (Å²) in [4.78, 5) is 0. The molecule has 0 saturated carbocycles. The van der Waals surface area contributed by atoms with Gasteiger partial charge >= 0.3 is 0 Å². The number of rotatable bonds is 5. The number of hydrogen-bond donors (Lipinski definition) is 4. The van der Waals surface area contributed by atoms with Gasteiger partial charge in [0.1, 0.15) is 0 Å². The lowest BCUT2D eigenvalue weighted by Crippen LogP contribution is -2.54. The fourth-order valence-electron chi connectivity index (χ4n) is 0.545. The average molecular weight is 160 g/mol. The molecule has 4 N–H and O–H groups in total. The first-order valence-corrected chi connectivity index (χ1v) is 3.19. The van der Waals surface area contributed by atoms with E-state index in [2.05, 4.69) is 5.32 Å². The summed E-state index contributed by atoms with van der Waals surface area (Å²) in [6, 6.07) is 1.78. The van der Waals surface area contributed by atoms with Gasteiger partial charge in [-0.2, -0.15) is 5.26 Å². The van der Waals surface area contributed by atoms with Crippen molar-refractivity contribution >= 4 is 0 Å². The molecule has 0 bridgehead atoms. The quantitative estimate of drug-likeness (QED) is 0.343. The maximum Gasteiger partial charge on any atom is 0.0889 e. The van der Waals surface area contributed by atoms with Crippen LogP contribution in [-0.4, -0.2) is 47.2 Å². The van der Waals surface area contributed by atoms with Gasteiger partial charge in [0.15, 0.2) is 0 Å². The van der Waals surface area contributed by atoms with Crippen LogP contribution in [0.1, 0.15) is 0 Å². The molecule has 0 aromatic heterocycles. The van der Waals surface area contributed by atoms with Crippen molar-refractivity contribution in [3.8, 4) is 6.07 Å². The van der Waals surface area contributed by atoms with Gasteiger partial charge in [0.25, 0.3) is 0 Å². The van der Waals surface area contributed by atoms with Crippen molar-refractivity contribution in [1.82, 2.24) is 5.32 Å². The highest BCUT2D eigenvalue weighted by atomic mass is 16.3. The summed E-state index contributed by atoms with van der Waals surface area (Å²) in [5.41, 5.74) is -1.13. The van der Waals surface area contributed by atoms with Crippen LogP contribution in [-0.2, 0) is 0 Å². The Morgan fingerprint density at radius 3 is 1.91 bits per heavy atom. The zero-order chi connectivity index (χ0) is 8.74. The molecule has 0 rings (SSSR count). The van der Waals surface area contributed by atoms with Gasteiger partial charge in [0.2, 0.25) is 0 Å². The third-order valence-corrected chi connectivity index (χ3v) is 1.45. The molecule has 0 aromatic rings. The van der Waals surface area contributed by atoms with E-state index in [9.17, 15) is 0 Å². The van der Waals surface area contributed by atoms with Gasteiger partial charge in [-0.3, -0.25) is 5.32 Å². The zero-order valence-corrected chi connectivity index (χ0v) is 6.12. The molecule has 0 radical (unpaired) electrons. The highest BCUT2D eigenvalue weighted by Crippen LogP contribution is 1.99. The summed E-state index contributed by atoms with van der Waals surface area (Å²) in [5.74, 6) is 0. The third kappa shape index (κ3) is 2.82. The summed E-state index contributed by atoms with van der Waals surface area (Å²) in [5, 5.41) is 36.8. The second-order valence-electron chi connectivity index (χ2n) is 2.27. The van der Waals surface area contributed by atoms with Gasteiger partial charge in [-0.15, -0.1) is 0 Å². The first-order valence-electron chi connectivity index (χ1n) is 3.19. The summed E-state index contributed by atoms with van der Waals surface area (Å²) >= 11 is 0. The van der Waals surface area contributed by atoms with Gasteiger partial charge in [0, 0.05) is 0 Å². The van der Waals surface area contributed by atoms with Crippen LogP contribution < -0.4 is 5.32 Å². The Hall–Kier alpha value is -0.670. The Morgan fingerprint density at radius 1 is 1.18 bits per heavy atom. The Kier molecular flexibility index (Phi) is 4.74. The maximum absolute atomic E-state index is 8.71. The first kappa shape index (κ1) is 10.3. The summed E-state index contributed by atoms with van der Waals surface area (Å²) in [6.45, 7) is -1.22. The number of nitrogens with one attached hydrogen (secondary N) is 1. The molecule has 5 nitrogen and oxygen atoms in total. The minimum absolute atomic E-state index is 0.0122. The van der Waals surface area contributed by atoms with E-state index in [1.54, 1.807) is 6.07 Å². The topological polar surface area (TPSA) is 96.5 Å². The molecular weight excluding hydrogens is 148 g/mol. The van der Waals surface area contributed by atoms with Crippen molar-refractivity contribution in [3.63, 3.8) is 0 Å². The zero-order valence-electron chi connectivity index (χ0n) is 6.12. The van der Waals surface area contributed by atoms with Gasteiger partial charge in [-0.25, -0.2) is 0 Å². The van der Waals surface area contributed by atoms with E-state index in [4.69, 9.17) is 20.6 Å². The van der Waals surface area contributed by atoms with Crippen LogP contribution in [0.2, 0.25) is 0 Å². The molecule has 0 spiro atoms. The molecule has 0 unspecified atom stereocenters. The molecule has 0 saturated heterocycles. The number of aliphatic hydroxyl groups excluding tert-OH is 3. The van der Waals surface area contributed by atoms with E-state index < -0.39 is 25.4 Å². The van der Waals surface area contributed by atoms with Crippen LogP contribution in [0.25, 0.3) is 0 Å². The van der Waals surface area contributed by atoms with Crippen molar-refractivity contribution < 1.29 is 15.3 Å². The summed E-state index contributed by atoms with van der Waals surface area (Å²) < 4.78 is 0. The van der Waals surface area contributed by atoms with Crippen molar-refractivity contribution in [1.29, 1.82) is 5.26 Å². The highest BCUT2D eigenvalue weighted by molar-refractivity contribution is 4.90. The first-order chi connectivity index (χ1) is 5.24. The lowest BCUT2D eigenvalue weighted by molar-refractivity contribution is 0.0455. The molecule has 0 atom stereocenters. The molecule has 0 heterocycles. The Balaban J connectivity index is 3.96. The van der Waals surface area contributed by atoms with Crippen LogP contribution in [0.3, 0.4) is 0 Å². The Labute approximate surface area is 64.9 Å². The van der Waals surface area contributed by atoms with Crippen LogP contribution >= 0.6 is 0 Å². The summed E-state index contributed by atoms with van der Waals surface area (Å²) in [7, 11) is 0. The number of hydrogen-bond acceptors (Lipinski definition) is 5. The highest BCUT2D eigenvalue weighted by Gasteiger charge is 2.26. The predicted octanol–water partition coefficient (Wildman–Crippen LogP) is -2.18. The lowest BCUT2D eigenvalue weighted by atomic mass is 10.0. The Bertz CT molecular complexity index is 131. The van der Waals surface area contributed by atoms with Crippen molar-refractivity contribution in [2.75, 3.05) is 26.4 Å². The molecule has 0 aliphatic heterocycles. The molecule has 5 heteroatoms. The maximum atomic E-state index is 8.71. The number of nitriles is 1. The Morgan fingerprint density at radius 2 is 1.64 bits per heavy atom. The molecule has 0 amide bonds. The second-order valence-corrected chi connectivity index (χ2v) is 2.27. The van der Waals surface area contributed by atoms with E-state index in [0.717, 1.165) is 0 Å². The van der Waals surface area contributed by atoms with Gasteiger partial charge in [0.05, 0.1) is 38.0 Å². The van der Waals surface area contributed by atoms with Crippen molar-refractivity contribution in [2.45, 2.75) is 5.54 Å². The lowest BCUT2D eigenvalue weighted by Gasteiger charge is -2.27. The standard InChI is InChI=1S/C6H12N2O3/c7-1-2-8-6(3-9,4-10)5-11/h8-11H,2-5H2. The van der Waals surface area contributed by atoms with E-state index in [1.165, 1.54) is 0 Å². The minimum atomic E-state index is -1.13. The predicted molar refractivity (Wildman–Crippen MR) is 37.6 cm³/mol. The number of nitrogens with zero attached hydrogens (tertiary/aromatic N) is 1. The minimum Gasteiger partial charge on any atom is -0.394 e. The fourth-order valence-corrected chi connectivity index (χ4v) is 0.545. The molecule has 11 heavy (non-hydrogen) atoms. The molecule has 0 aliphatic rings. The van der Waals surface area contributed by atoms with Crippen molar-refractivity contribution in [3.05, 3.63) is 0 Å². The van der Waals surface area contributed by atoms with E-state index in [-0.39, 0.29) is 6.54 Å². The van der Waals surface area contributed by atoms with Gasteiger partial charge in [-0.1, -0.05) is 0 Å². The number of aliphatic hydroxyl groups is 3. The molecular formula is C6H12N2O3. The van der Waals surface area contributed by atoms with E-state index in [1.807, 2.05) is 0 Å². The third-order valence-electron chi connectivity index (χ3n) is 1.45. The van der Waals surface area contributed by atoms with Crippen LogP contribution in [0.15, 0.2) is 0 Å². The fraction of sp³-hybridized carbons (Fsp3) is 0.833. The molecule has 0 aromatic carbocycles. The van der Waals surface area contributed by atoms with Gasteiger partial charge < -0.3 is 15.3 Å². The smallest absolute Gasteiger partial charge is 0.0889 e. The molecule has 0 aliphatic carbocycles. The largest absolute Gasteiger partial charge is 0.394 e. The van der Waals surface area contributed by atoms with E-state index >= 15 is 0 Å². The summed E-state index contributed by atoms with van der Waals surface area (Å²) in [6.07, 6.45) is 0. The normalized spacial score (nSPS) is 11.1. The van der Waals surface area contributed by atoms with Crippen LogP contribution in [0.5, 0.6) is 0 Å². The SMILES string of the molecule is N#CCNC(CO)(CO)CO.